The van der Waals surface area contributed by atoms with Crippen molar-refractivity contribution < 1.29 is 14.0 Å². The van der Waals surface area contributed by atoms with E-state index in [2.05, 4.69) is 9.97 Å². The molecule has 0 saturated carbocycles. The monoisotopic (exact) mass is 435 g/mol. The molecule has 2 saturated heterocycles. The van der Waals surface area contributed by atoms with Crippen LogP contribution in [0.4, 0.5) is 5.82 Å². The average molecular weight is 435 g/mol. The number of piperidine rings is 1. The van der Waals surface area contributed by atoms with Crippen molar-refractivity contribution in [3.05, 3.63) is 58.8 Å². The van der Waals surface area contributed by atoms with Crippen molar-refractivity contribution in [2.75, 3.05) is 44.2 Å². The van der Waals surface area contributed by atoms with E-state index < -0.39 is 0 Å². The number of fused-ring (bicyclic) bond motifs is 1. The molecule has 0 radical (unpaired) electrons. The van der Waals surface area contributed by atoms with Gasteiger partial charge in [0.25, 0.3) is 11.5 Å². The quantitative estimate of drug-likeness (QED) is 0.672. The third kappa shape index (κ3) is 3.86. The number of furan rings is 1. The van der Waals surface area contributed by atoms with E-state index in [1.54, 1.807) is 17.0 Å². The first-order valence-corrected chi connectivity index (χ1v) is 11.0. The number of amides is 2. The number of benzene rings is 1. The second kappa shape index (κ2) is 8.49. The van der Waals surface area contributed by atoms with E-state index in [4.69, 9.17) is 4.42 Å². The van der Waals surface area contributed by atoms with Crippen LogP contribution in [0, 0.1) is 5.92 Å². The van der Waals surface area contributed by atoms with Gasteiger partial charge in [0.1, 0.15) is 0 Å². The van der Waals surface area contributed by atoms with Crippen LogP contribution in [0.2, 0.25) is 0 Å². The highest BCUT2D eigenvalue weighted by Crippen LogP contribution is 2.23. The summed E-state index contributed by atoms with van der Waals surface area (Å²) in [6.45, 7) is 3.28. The van der Waals surface area contributed by atoms with E-state index in [1.807, 2.05) is 34.1 Å². The third-order valence-corrected chi connectivity index (χ3v) is 6.34. The lowest BCUT2D eigenvalue weighted by atomic mass is 9.95. The van der Waals surface area contributed by atoms with Crippen molar-refractivity contribution >= 4 is 28.7 Å². The van der Waals surface area contributed by atoms with Gasteiger partial charge in [-0.1, -0.05) is 12.1 Å². The Labute approximate surface area is 184 Å². The molecule has 0 bridgehead atoms. The zero-order valence-corrected chi connectivity index (χ0v) is 17.7. The van der Waals surface area contributed by atoms with Crippen LogP contribution in [0.25, 0.3) is 11.0 Å². The summed E-state index contributed by atoms with van der Waals surface area (Å²) in [5.74, 6) is 0.672. The maximum Gasteiger partial charge on any atom is 0.291 e. The van der Waals surface area contributed by atoms with Gasteiger partial charge >= 0.3 is 0 Å². The number of piperazine rings is 1. The van der Waals surface area contributed by atoms with Crippen molar-refractivity contribution in [3.63, 3.8) is 0 Å². The van der Waals surface area contributed by atoms with Crippen molar-refractivity contribution in [2.45, 2.75) is 12.8 Å². The molecule has 0 aliphatic carbocycles. The molecule has 2 fully saturated rings. The van der Waals surface area contributed by atoms with E-state index in [0.29, 0.717) is 63.7 Å². The summed E-state index contributed by atoms with van der Waals surface area (Å²) < 4.78 is 5.19. The highest BCUT2D eigenvalue weighted by atomic mass is 16.3. The molecule has 4 heterocycles. The van der Waals surface area contributed by atoms with Gasteiger partial charge in [0.05, 0.1) is 17.3 Å². The third-order valence-electron chi connectivity index (χ3n) is 6.34. The van der Waals surface area contributed by atoms with Gasteiger partial charge in [-0.05, 0) is 37.1 Å². The summed E-state index contributed by atoms with van der Waals surface area (Å²) >= 11 is 0. The predicted molar refractivity (Wildman–Crippen MR) is 118 cm³/mol. The molecule has 0 unspecified atom stereocenters. The minimum Gasteiger partial charge on any atom is -0.459 e. The van der Waals surface area contributed by atoms with Crippen molar-refractivity contribution in [1.29, 1.82) is 0 Å². The Kier molecular flexibility index (Phi) is 5.38. The van der Waals surface area contributed by atoms with Gasteiger partial charge in [0.15, 0.2) is 11.6 Å². The summed E-state index contributed by atoms with van der Waals surface area (Å²) in [5, 5.41) is 0. The number of para-hydroxylation sites is 2. The van der Waals surface area contributed by atoms with Crippen LogP contribution in [-0.2, 0) is 4.79 Å². The topological polar surface area (TPSA) is 103 Å². The normalized spacial score (nSPS) is 17.7. The Morgan fingerprint density at radius 1 is 0.938 bits per heavy atom. The molecule has 3 aromatic rings. The summed E-state index contributed by atoms with van der Waals surface area (Å²) in [6.07, 6.45) is 2.84. The average Bonchev–Trinajstić information content (AvgIpc) is 3.38. The van der Waals surface area contributed by atoms with Gasteiger partial charge in [-0.25, -0.2) is 4.98 Å². The lowest BCUT2D eigenvalue weighted by molar-refractivity contribution is -0.137. The molecule has 2 aliphatic rings. The summed E-state index contributed by atoms with van der Waals surface area (Å²) in [4.78, 5) is 50.9. The first kappa shape index (κ1) is 20.3. The fourth-order valence-electron chi connectivity index (χ4n) is 4.52. The molecule has 5 rings (SSSR count). The Morgan fingerprint density at radius 2 is 1.66 bits per heavy atom. The number of aromatic nitrogens is 2. The van der Waals surface area contributed by atoms with Crippen LogP contribution in [0.15, 0.2) is 51.9 Å². The molecular formula is C23H25N5O4. The molecule has 0 atom stereocenters. The fourth-order valence-corrected chi connectivity index (χ4v) is 4.52. The summed E-state index contributed by atoms with van der Waals surface area (Å²) in [5.41, 5.74) is 1.27. The fraction of sp³-hybridized carbons (Fsp3) is 0.391. The van der Waals surface area contributed by atoms with Crippen LogP contribution in [0.1, 0.15) is 23.4 Å². The number of aromatic amines is 1. The van der Waals surface area contributed by atoms with Crippen molar-refractivity contribution in [3.8, 4) is 0 Å². The van der Waals surface area contributed by atoms with Gasteiger partial charge in [-0.3, -0.25) is 14.4 Å². The number of anilines is 1. The molecule has 2 aromatic heterocycles. The van der Waals surface area contributed by atoms with E-state index in [1.165, 1.54) is 6.26 Å². The van der Waals surface area contributed by atoms with Crippen LogP contribution in [0.5, 0.6) is 0 Å². The van der Waals surface area contributed by atoms with Gasteiger partial charge in [-0.15, -0.1) is 0 Å². The molecule has 2 aliphatic heterocycles. The van der Waals surface area contributed by atoms with E-state index in [0.717, 1.165) is 11.0 Å². The highest BCUT2D eigenvalue weighted by molar-refractivity contribution is 5.91. The lowest BCUT2D eigenvalue weighted by Gasteiger charge is -2.38. The standard InChI is InChI=1S/C23H25N5O4/c29-21-20(24-17-4-1-2-5-18(17)25-21)26-9-7-16(8-10-26)22(30)27-11-13-28(14-12-27)23(31)19-6-3-15-32-19/h1-6,15-16H,7-14H2,(H,25,29). The summed E-state index contributed by atoms with van der Waals surface area (Å²) in [7, 11) is 0. The van der Waals surface area contributed by atoms with Crippen LogP contribution >= 0.6 is 0 Å². The molecule has 32 heavy (non-hydrogen) atoms. The number of nitrogens with one attached hydrogen (secondary N) is 1. The Balaban J connectivity index is 1.17. The number of nitrogens with zero attached hydrogens (tertiary/aromatic N) is 4. The van der Waals surface area contributed by atoms with Gasteiger partial charge in [-0.2, -0.15) is 0 Å². The lowest BCUT2D eigenvalue weighted by Crippen LogP contribution is -2.53. The zero-order valence-electron chi connectivity index (χ0n) is 17.7. The van der Waals surface area contributed by atoms with Gasteiger partial charge in [0, 0.05) is 45.2 Å². The van der Waals surface area contributed by atoms with Gasteiger partial charge in [0.2, 0.25) is 5.91 Å². The molecule has 1 N–H and O–H groups in total. The Bertz CT molecular complexity index is 1170. The number of hydrogen-bond donors (Lipinski definition) is 1. The maximum absolute atomic E-state index is 13.0. The first-order valence-electron chi connectivity index (χ1n) is 11.0. The smallest absolute Gasteiger partial charge is 0.291 e. The minimum absolute atomic E-state index is 0.0712. The first-order chi connectivity index (χ1) is 15.6. The van der Waals surface area contributed by atoms with Crippen molar-refractivity contribution in [2.24, 2.45) is 5.92 Å². The molecular weight excluding hydrogens is 410 g/mol. The van der Waals surface area contributed by atoms with E-state index >= 15 is 0 Å². The summed E-state index contributed by atoms with van der Waals surface area (Å²) in [6, 6.07) is 10.8. The molecule has 1 aromatic carbocycles. The molecule has 9 nitrogen and oxygen atoms in total. The zero-order chi connectivity index (χ0) is 22.1. The Hall–Kier alpha value is -3.62. The van der Waals surface area contributed by atoms with Crippen LogP contribution in [-0.4, -0.2) is 70.9 Å². The number of hydrogen-bond acceptors (Lipinski definition) is 6. The molecule has 166 valence electrons. The van der Waals surface area contributed by atoms with Crippen LogP contribution in [0.3, 0.4) is 0 Å². The second-order valence-corrected chi connectivity index (χ2v) is 8.26. The number of carbonyl (C=O) groups is 2. The van der Waals surface area contributed by atoms with E-state index in [9.17, 15) is 14.4 Å². The van der Waals surface area contributed by atoms with Gasteiger partial charge < -0.3 is 24.1 Å². The van der Waals surface area contributed by atoms with Crippen molar-refractivity contribution in [1.82, 2.24) is 19.8 Å². The number of rotatable bonds is 3. The van der Waals surface area contributed by atoms with Crippen LogP contribution < -0.4 is 10.5 Å². The number of carbonyl (C=O) groups excluding carboxylic acids is 2. The molecule has 9 heteroatoms. The molecule has 2 amide bonds. The van der Waals surface area contributed by atoms with E-state index in [-0.39, 0.29) is 23.3 Å². The maximum atomic E-state index is 13.0. The largest absolute Gasteiger partial charge is 0.459 e. The minimum atomic E-state index is -0.203. The SMILES string of the molecule is O=C(c1ccco1)N1CCN(C(=O)C2CCN(c3nc4ccccc4[nH]c3=O)CC2)CC1. The Morgan fingerprint density at radius 3 is 2.38 bits per heavy atom. The predicted octanol–water partition coefficient (Wildman–Crippen LogP) is 1.72. The second-order valence-electron chi connectivity index (χ2n) is 8.26. The number of H-pyrrole nitrogens is 1. The molecule has 0 spiro atoms. The highest BCUT2D eigenvalue weighted by Gasteiger charge is 2.32.